The van der Waals surface area contributed by atoms with E-state index in [9.17, 15) is 5.26 Å². The number of nitriles is 1. The molecule has 1 fully saturated rings. The van der Waals surface area contributed by atoms with Crippen LogP contribution < -0.4 is 16.2 Å². The van der Waals surface area contributed by atoms with E-state index >= 15 is 0 Å². The molecule has 1 saturated heterocycles. The molecule has 92 valence electrons. The van der Waals surface area contributed by atoms with Gasteiger partial charge in [-0.25, -0.2) is 0 Å². The van der Waals surface area contributed by atoms with Gasteiger partial charge in [-0.2, -0.15) is 0 Å². The maximum absolute atomic E-state index is 9.37. The van der Waals surface area contributed by atoms with Crippen LogP contribution >= 0.6 is 0 Å². The molecule has 0 unspecified atom stereocenters. The van der Waals surface area contributed by atoms with Crippen molar-refractivity contribution in [3.05, 3.63) is 11.9 Å². The minimum atomic E-state index is 0.0632. The Morgan fingerprint density at radius 3 is 2.83 bits per heavy atom. The first-order chi connectivity index (χ1) is 8.85. The van der Waals surface area contributed by atoms with E-state index in [0.717, 1.165) is 27.4 Å². The Morgan fingerprint density at radius 2 is 2.17 bits per heavy atom. The molecule has 3 N–H and O–H groups in total. The second-order valence-electron chi connectivity index (χ2n) is 4.13. The summed E-state index contributed by atoms with van der Waals surface area (Å²) in [5, 5.41) is 9.37. The fourth-order valence-corrected chi connectivity index (χ4v) is 4.78. The average Bonchev–Trinajstić information content (AvgIpc) is 3.04. The molecule has 0 aliphatic carbocycles. The molecule has 3 heterocycles. The fraction of sp³-hybridized carbons (Fsp3) is 0.364. The molecule has 1 aliphatic heterocycles. The second kappa shape index (κ2) is 4.58. The Kier molecular flexibility index (Phi) is 2.92. The summed E-state index contributed by atoms with van der Waals surface area (Å²) in [5.74, 6) is 6.10. The van der Waals surface area contributed by atoms with Gasteiger partial charge in [-0.3, -0.25) is 0 Å². The van der Waals surface area contributed by atoms with Gasteiger partial charge in [-0.1, -0.05) is 0 Å². The number of fused-ring (bicyclic) bond motifs is 1. The van der Waals surface area contributed by atoms with Gasteiger partial charge in [0.05, 0.1) is 0 Å². The van der Waals surface area contributed by atoms with Gasteiger partial charge < -0.3 is 0 Å². The van der Waals surface area contributed by atoms with Crippen molar-refractivity contribution in [2.45, 2.75) is 12.8 Å². The standard InChI is InChI=1S/C11H12N6Se/c12-5-7-8-9(10(16-13)15-6-14-8)18-11(7)17-3-1-2-4-17/h6H,1-4,13H2,(H,14,15,16). The third-order valence-electron chi connectivity index (χ3n) is 3.10. The van der Waals surface area contributed by atoms with Gasteiger partial charge in [0, 0.05) is 0 Å². The van der Waals surface area contributed by atoms with Crippen molar-refractivity contribution in [2.75, 3.05) is 23.4 Å². The molecular formula is C11H12N6Se. The van der Waals surface area contributed by atoms with Crippen molar-refractivity contribution >= 4 is 34.7 Å². The number of hydrogen-bond donors (Lipinski definition) is 2. The summed E-state index contributed by atoms with van der Waals surface area (Å²) in [5.41, 5.74) is 4.05. The van der Waals surface area contributed by atoms with Gasteiger partial charge in [-0.15, -0.1) is 0 Å². The Bertz CT molecular complexity index is 622. The van der Waals surface area contributed by atoms with Gasteiger partial charge in [0.25, 0.3) is 0 Å². The van der Waals surface area contributed by atoms with E-state index in [4.69, 9.17) is 5.84 Å². The van der Waals surface area contributed by atoms with Gasteiger partial charge in [0.1, 0.15) is 0 Å². The van der Waals surface area contributed by atoms with Crippen molar-refractivity contribution in [1.82, 2.24) is 9.97 Å². The van der Waals surface area contributed by atoms with Gasteiger partial charge >= 0.3 is 110 Å². The molecule has 0 bridgehead atoms. The van der Waals surface area contributed by atoms with E-state index in [1.807, 2.05) is 0 Å². The molecule has 0 amide bonds. The van der Waals surface area contributed by atoms with Crippen molar-refractivity contribution in [2.24, 2.45) is 5.84 Å². The second-order valence-corrected chi connectivity index (χ2v) is 6.23. The quantitative estimate of drug-likeness (QED) is 0.475. The molecule has 18 heavy (non-hydrogen) atoms. The van der Waals surface area contributed by atoms with Crippen LogP contribution in [-0.4, -0.2) is 37.6 Å². The van der Waals surface area contributed by atoms with Crippen LogP contribution in [0.1, 0.15) is 18.4 Å². The molecule has 0 aromatic carbocycles. The molecule has 1 aliphatic rings. The van der Waals surface area contributed by atoms with E-state index in [2.05, 4.69) is 26.4 Å². The zero-order chi connectivity index (χ0) is 12.5. The maximum atomic E-state index is 9.37. The Balaban J connectivity index is 2.23. The molecule has 6 nitrogen and oxygen atoms in total. The number of anilines is 2. The van der Waals surface area contributed by atoms with E-state index in [1.165, 1.54) is 19.2 Å². The first-order valence-electron chi connectivity index (χ1n) is 5.74. The molecule has 7 heteroatoms. The van der Waals surface area contributed by atoms with Crippen LogP contribution in [0, 0.1) is 11.3 Å². The van der Waals surface area contributed by atoms with Crippen LogP contribution in [0.3, 0.4) is 0 Å². The van der Waals surface area contributed by atoms with Crippen molar-refractivity contribution in [3.8, 4) is 6.07 Å². The summed E-state index contributed by atoms with van der Waals surface area (Å²) in [7, 11) is 0. The van der Waals surface area contributed by atoms with E-state index in [-0.39, 0.29) is 14.5 Å². The van der Waals surface area contributed by atoms with Gasteiger partial charge in [0.2, 0.25) is 0 Å². The number of hydrazine groups is 1. The zero-order valence-electron chi connectivity index (χ0n) is 9.68. The van der Waals surface area contributed by atoms with Crippen molar-refractivity contribution in [1.29, 1.82) is 5.26 Å². The number of aromatic nitrogens is 2. The molecular weight excluding hydrogens is 295 g/mol. The van der Waals surface area contributed by atoms with E-state index in [1.54, 1.807) is 0 Å². The number of nitrogens with two attached hydrogens (primary N) is 1. The summed E-state index contributed by atoms with van der Waals surface area (Å²) in [6.07, 6.45) is 3.85. The van der Waals surface area contributed by atoms with Crippen LogP contribution in [0.5, 0.6) is 0 Å². The summed E-state index contributed by atoms with van der Waals surface area (Å²) in [6, 6.07) is 2.29. The molecule has 0 saturated carbocycles. The third kappa shape index (κ3) is 1.66. The van der Waals surface area contributed by atoms with Gasteiger partial charge in [-0.05, 0) is 0 Å². The molecule has 0 atom stereocenters. The van der Waals surface area contributed by atoms with Crippen molar-refractivity contribution in [3.63, 3.8) is 0 Å². The summed E-state index contributed by atoms with van der Waals surface area (Å²) in [4.78, 5) is 10.7. The molecule has 2 aromatic heterocycles. The number of nitrogen functional groups attached to an aromatic ring is 1. The predicted molar refractivity (Wildman–Crippen MR) is 70.5 cm³/mol. The monoisotopic (exact) mass is 308 g/mol. The SMILES string of the molecule is N#Cc1c(N2CCCC2)[se]c2c(NN)ncnc12. The van der Waals surface area contributed by atoms with Crippen LogP contribution in [0.15, 0.2) is 6.33 Å². The minimum absolute atomic E-state index is 0.0632. The predicted octanol–water partition coefficient (Wildman–Crippen LogP) is 0.444. The molecule has 0 radical (unpaired) electrons. The van der Waals surface area contributed by atoms with E-state index in [0.29, 0.717) is 11.4 Å². The van der Waals surface area contributed by atoms with Gasteiger partial charge in [0.15, 0.2) is 0 Å². The first kappa shape index (κ1) is 11.5. The Hall–Kier alpha value is -1.61. The summed E-state index contributed by atoms with van der Waals surface area (Å²) in [6.45, 7) is 2.07. The Morgan fingerprint density at radius 1 is 1.39 bits per heavy atom. The number of rotatable bonds is 2. The zero-order valence-corrected chi connectivity index (χ0v) is 11.4. The van der Waals surface area contributed by atoms with Crippen LogP contribution in [0.2, 0.25) is 0 Å². The van der Waals surface area contributed by atoms with E-state index < -0.39 is 0 Å². The van der Waals surface area contributed by atoms with Crippen LogP contribution in [0.4, 0.5) is 10.4 Å². The fourth-order valence-electron chi connectivity index (χ4n) is 2.24. The topological polar surface area (TPSA) is 90.9 Å². The number of nitrogens with zero attached hydrogens (tertiary/aromatic N) is 4. The van der Waals surface area contributed by atoms with Crippen LogP contribution in [0.25, 0.3) is 9.78 Å². The third-order valence-corrected chi connectivity index (χ3v) is 5.71. The average molecular weight is 307 g/mol. The first-order valence-corrected chi connectivity index (χ1v) is 7.45. The summed E-state index contributed by atoms with van der Waals surface area (Å²) < 4.78 is 2.13. The molecule has 0 spiro atoms. The van der Waals surface area contributed by atoms with Crippen molar-refractivity contribution < 1.29 is 0 Å². The molecule has 2 aromatic rings. The van der Waals surface area contributed by atoms with Crippen LogP contribution in [-0.2, 0) is 0 Å². The number of hydrogen-bond acceptors (Lipinski definition) is 6. The summed E-state index contributed by atoms with van der Waals surface area (Å²) >= 11 is 0.0632. The normalized spacial score (nSPS) is 15.0. The number of nitrogens with one attached hydrogen (secondary N) is 1. The molecule has 3 rings (SSSR count). The Labute approximate surface area is 110 Å².